The molecule has 1 aliphatic rings. The smallest absolute Gasteiger partial charge is 0.166 e. The van der Waals surface area contributed by atoms with Crippen LogP contribution in [0.1, 0.15) is 17.5 Å². The number of rotatable bonds is 6. The molecule has 0 fully saturated rings. The molecule has 1 atom stereocenters. The monoisotopic (exact) mass is 356 g/mol. The lowest BCUT2D eigenvalue weighted by molar-refractivity contribution is 0.0885. The Bertz CT molecular complexity index is 735. The van der Waals surface area contributed by atoms with Gasteiger partial charge in [-0.3, -0.25) is 4.98 Å². The lowest BCUT2D eigenvalue weighted by Gasteiger charge is -2.13. The molecule has 130 valence electrons. The molecule has 3 rings (SSSR count). The molecule has 2 aromatic rings. The third kappa shape index (κ3) is 4.90. The molecule has 2 heterocycles. The molecule has 25 heavy (non-hydrogen) atoms. The summed E-state index contributed by atoms with van der Waals surface area (Å²) in [5.74, 6) is 0.825. The Morgan fingerprint density at radius 1 is 1.28 bits per heavy atom. The first-order chi connectivity index (χ1) is 12.2. The molecule has 0 spiro atoms. The Morgan fingerprint density at radius 2 is 2.12 bits per heavy atom. The number of oxime groups is 1. The summed E-state index contributed by atoms with van der Waals surface area (Å²) in [6.45, 7) is 1.24. The van der Waals surface area contributed by atoms with Gasteiger partial charge in [-0.25, -0.2) is 0 Å². The molecule has 0 bridgehead atoms. The predicted octanol–water partition coefficient (Wildman–Crippen LogP) is 2.25. The Kier molecular flexibility index (Phi) is 5.79. The Hall–Kier alpha value is -2.67. The summed E-state index contributed by atoms with van der Waals surface area (Å²) >= 11 is 5.29. The first kappa shape index (κ1) is 17.2. The van der Waals surface area contributed by atoms with Crippen LogP contribution in [0.3, 0.4) is 0 Å². The van der Waals surface area contributed by atoms with Crippen LogP contribution in [0.5, 0.6) is 5.75 Å². The highest BCUT2D eigenvalue weighted by Crippen LogP contribution is 2.18. The van der Waals surface area contributed by atoms with E-state index in [0.29, 0.717) is 18.2 Å². The number of hydrogen-bond donors (Lipinski definition) is 2. The van der Waals surface area contributed by atoms with E-state index < -0.39 is 0 Å². The van der Waals surface area contributed by atoms with Crippen molar-refractivity contribution < 1.29 is 9.57 Å². The van der Waals surface area contributed by atoms with E-state index in [-0.39, 0.29) is 6.10 Å². The van der Waals surface area contributed by atoms with Crippen molar-refractivity contribution in [1.29, 1.82) is 0 Å². The lowest BCUT2D eigenvalue weighted by Crippen LogP contribution is -2.39. The minimum absolute atomic E-state index is 0.0322. The largest absolute Gasteiger partial charge is 0.497 e. The highest BCUT2D eigenvalue weighted by atomic mass is 32.1. The minimum Gasteiger partial charge on any atom is -0.497 e. The summed E-state index contributed by atoms with van der Waals surface area (Å²) in [6.07, 6.45) is 4.27. The van der Waals surface area contributed by atoms with Gasteiger partial charge in [-0.2, -0.15) is 0 Å². The fraction of sp³-hybridized carbons (Fsp3) is 0.278. The Morgan fingerprint density at radius 3 is 2.84 bits per heavy atom. The first-order valence-corrected chi connectivity index (χ1v) is 8.43. The highest BCUT2D eigenvalue weighted by Gasteiger charge is 2.22. The predicted molar refractivity (Wildman–Crippen MR) is 101 cm³/mol. The van der Waals surface area contributed by atoms with Gasteiger partial charge in [0.05, 0.1) is 19.4 Å². The van der Waals surface area contributed by atoms with Crippen molar-refractivity contribution >= 4 is 23.0 Å². The first-order valence-electron chi connectivity index (χ1n) is 8.02. The van der Waals surface area contributed by atoms with E-state index in [1.165, 1.54) is 0 Å². The molecule has 1 aromatic heterocycles. The van der Waals surface area contributed by atoms with Crippen LogP contribution in [0.2, 0.25) is 0 Å². The van der Waals surface area contributed by atoms with Crippen molar-refractivity contribution in [3.05, 3.63) is 59.9 Å². The van der Waals surface area contributed by atoms with E-state index in [4.69, 9.17) is 21.8 Å². The van der Waals surface area contributed by atoms with Crippen LogP contribution in [0.4, 0.5) is 0 Å². The van der Waals surface area contributed by atoms with Crippen molar-refractivity contribution in [3.63, 3.8) is 0 Å². The fourth-order valence-corrected chi connectivity index (χ4v) is 2.60. The third-order valence-electron chi connectivity index (χ3n) is 3.82. The van der Waals surface area contributed by atoms with Crippen LogP contribution >= 0.6 is 12.2 Å². The number of ether oxygens (including phenoxy) is 1. The summed E-state index contributed by atoms with van der Waals surface area (Å²) < 4.78 is 5.17. The van der Waals surface area contributed by atoms with Crippen LogP contribution in [-0.2, 0) is 11.4 Å². The van der Waals surface area contributed by atoms with E-state index >= 15 is 0 Å². The molecule has 0 radical (unpaired) electrons. The molecule has 2 N–H and O–H groups in total. The van der Waals surface area contributed by atoms with Crippen molar-refractivity contribution in [2.45, 2.75) is 19.1 Å². The molecule has 0 saturated heterocycles. The molecule has 1 unspecified atom stereocenters. The average Bonchev–Trinajstić information content (AvgIpc) is 3.14. The zero-order valence-corrected chi connectivity index (χ0v) is 14.8. The minimum atomic E-state index is -0.0322. The Balaban J connectivity index is 1.40. The SMILES string of the molecule is COc1ccc(C2=NOC(CNC(=S)NCc3cccnc3)C2)cc1. The Labute approximate surface area is 152 Å². The molecule has 6 nitrogen and oxygen atoms in total. The van der Waals surface area contributed by atoms with Gasteiger partial charge in [0, 0.05) is 25.4 Å². The van der Waals surface area contributed by atoms with Gasteiger partial charge >= 0.3 is 0 Å². The second-order valence-corrected chi connectivity index (χ2v) is 6.03. The van der Waals surface area contributed by atoms with Crippen molar-refractivity contribution in [2.24, 2.45) is 5.16 Å². The number of nitrogens with zero attached hydrogens (tertiary/aromatic N) is 2. The zero-order valence-electron chi connectivity index (χ0n) is 13.9. The number of aromatic nitrogens is 1. The van der Waals surface area contributed by atoms with Crippen molar-refractivity contribution in [1.82, 2.24) is 15.6 Å². The average molecular weight is 356 g/mol. The van der Waals surface area contributed by atoms with Crippen LogP contribution in [0.15, 0.2) is 53.9 Å². The van der Waals surface area contributed by atoms with E-state index in [2.05, 4.69) is 20.8 Å². The third-order valence-corrected chi connectivity index (χ3v) is 4.11. The number of hydrogen-bond acceptors (Lipinski definition) is 5. The van der Waals surface area contributed by atoms with Crippen LogP contribution in [0.25, 0.3) is 0 Å². The fourth-order valence-electron chi connectivity index (χ4n) is 2.45. The molecule has 1 aromatic carbocycles. The molecular weight excluding hydrogens is 336 g/mol. The summed E-state index contributed by atoms with van der Waals surface area (Å²) in [6, 6.07) is 11.7. The number of benzene rings is 1. The molecule has 0 amide bonds. The molecular formula is C18H20N4O2S. The van der Waals surface area contributed by atoms with Gasteiger partial charge in [0.15, 0.2) is 5.11 Å². The van der Waals surface area contributed by atoms with Gasteiger partial charge in [-0.1, -0.05) is 11.2 Å². The molecule has 1 aliphatic heterocycles. The summed E-state index contributed by atoms with van der Waals surface area (Å²) in [7, 11) is 1.65. The van der Waals surface area contributed by atoms with Crippen molar-refractivity contribution in [3.8, 4) is 5.75 Å². The summed E-state index contributed by atoms with van der Waals surface area (Å²) in [5.41, 5.74) is 3.05. The quantitative estimate of drug-likeness (QED) is 0.774. The van der Waals surface area contributed by atoms with Gasteiger partial charge < -0.3 is 20.2 Å². The molecule has 7 heteroatoms. The second kappa shape index (κ2) is 8.43. The van der Waals surface area contributed by atoms with Crippen molar-refractivity contribution in [2.75, 3.05) is 13.7 Å². The van der Waals surface area contributed by atoms with Gasteiger partial charge in [0.25, 0.3) is 0 Å². The maximum atomic E-state index is 5.49. The summed E-state index contributed by atoms with van der Waals surface area (Å²) in [4.78, 5) is 9.56. The topological polar surface area (TPSA) is 67.8 Å². The normalized spacial score (nSPS) is 15.9. The van der Waals surface area contributed by atoms with Gasteiger partial charge in [0.2, 0.25) is 0 Å². The van der Waals surface area contributed by atoms with E-state index in [1.807, 2.05) is 42.6 Å². The van der Waals surface area contributed by atoms with Crippen LogP contribution in [0, 0.1) is 0 Å². The standard InChI is InChI=1S/C18H20N4O2S/c1-23-15-6-4-14(5-7-15)17-9-16(24-22-17)12-21-18(25)20-11-13-3-2-8-19-10-13/h2-8,10,16H,9,11-12H2,1H3,(H2,20,21,25). The van der Waals surface area contributed by atoms with Crippen LogP contribution in [-0.4, -0.2) is 35.6 Å². The van der Waals surface area contributed by atoms with E-state index in [9.17, 15) is 0 Å². The zero-order chi connectivity index (χ0) is 17.5. The summed E-state index contributed by atoms with van der Waals surface area (Å²) in [5, 5.41) is 11.1. The van der Waals surface area contributed by atoms with Gasteiger partial charge in [-0.15, -0.1) is 0 Å². The van der Waals surface area contributed by atoms with E-state index in [0.717, 1.165) is 29.0 Å². The molecule has 0 saturated carbocycles. The maximum absolute atomic E-state index is 5.49. The highest BCUT2D eigenvalue weighted by molar-refractivity contribution is 7.80. The van der Waals surface area contributed by atoms with E-state index in [1.54, 1.807) is 13.3 Å². The number of nitrogens with one attached hydrogen (secondary N) is 2. The molecule has 0 aliphatic carbocycles. The number of methoxy groups -OCH3 is 1. The van der Waals surface area contributed by atoms with Gasteiger partial charge in [0.1, 0.15) is 11.9 Å². The maximum Gasteiger partial charge on any atom is 0.166 e. The lowest BCUT2D eigenvalue weighted by atomic mass is 10.0. The van der Waals surface area contributed by atoms with Gasteiger partial charge in [-0.05, 0) is 53.7 Å². The second-order valence-electron chi connectivity index (χ2n) is 5.62. The number of pyridine rings is 1. The van der Waals surface area contributed by atoms with Crippen LogP contribution < -0.4 is 15.4 Å². The number of thiocarbonyl (C=S) groups is 1.